The van der Waals surface area contributed by atoms with E-state index >= 15 is 0 Å². The second-order valence-corrected chi connectivity index (χ2v) is 10.9. The van der Waals surface area contributed by atoms with Crippen LogP contribution in [0.25, 0.3) is 33.5 Å². The lowest BCUT2D eigenvalue weighted by Crippen LogP contribution is -2.20. The first-order chi connectivity index (χ1) is 21.8. The fourth-order valence-electron chi connectivity index (χ4n) is 4.73. The van der Waals surface area contributed by atoms with Gasteiger partial charge in [-0.15, -0.1) is 0 Å². The molecule has 4 aromatic carbocycles. The van der Waals surface area contributed by atoms with Crippen LogP contribution < -0.4 is 25.1 Å². The molecule has 0 aliphatic heterocycles. The third-order valence-electron chi connectivity index (χ3n) is 7.00. The van der Waals surface area contributed by atoms with Crippen molar-refractivity contribution in [2.24, 2.45) is 5.10 Å². The highest BCUT2D eigenvalue weighted by Gasteiger charge is 2.18. The highest BCUT2D eigenvalue weighted by Crippen LogP contribution is 2.34. The summed E-state index contributed by atoms with van der Waals surface area (Å²) in [7, 11) is 3.08. The standard InChI is InChI=1S/C34H27BrN4O6/c1-20-11-13-22(14-12-20)37-32(40)19-44-30-17-25(35)21(15-29(30)43-3)18-36-39-33(38-26-8-5-4-7-23(26)34(39)41)31-16-24-27(42-2)9-6-10-28(24)45-31/h4-18H,19H2,1-3H3,(H,37,40). The van der Waals surface area contributed by atoms with Gasteiger partial charge in [0, 0.05) is 15.7 Å². The van der Waals surface area contributed by atoms with Crippen molar-refractivity contribution in [1.82, 2.24) is 9.66 Å². The van der Waals surface area contributed by atoms with Crippen LogP contribution in [0.15, 0.2) is 104 Å². The van der Waals surface area contributed by atoms with E-state index in [-0.39, 0.29) is 23.9 Å². The maximum absolute atomic E-state index is 13.7. The van der Waals surface area contributed by atoms with Crippen LogP contribution in [0.3, 0.4) is 0 Å². The van der Waals surface area contributed by atoms with E-state index in [4.69, 9.17) is 23.6 Å². The molecular weight excluding hydrogens is 640 g/mol. The van der Waals surface area contributed by atoms with E-state index in [0.717, 1.165) is 10.9 Å². The van der Waals surface area contributed by atoms with Gasteiger partial charge in [0.2, 0.25) is 5.82 Å². The van der Waals surface area contributed by atoms with Crippen molar-refractivity contribution < 1.29 is 23.4 Å². The van der Waals surface area contributed by atoms with Crippen molar-refractivity contribution >= 4 is 55.6 Å². The van der Waals surface area contributed by atoms with E-state index < -0.39 is 0 Å². The number of rotatable bonds is 9. The summed E-state index contributed by atoms with van der Waals surface area (Å²) in [6, 6.07) is 25.1. The molecule has 226 valence electrons. The molecule has 45 heavy (non-hydrogen) atoms. The number of nitrogens with one attached hydrogen (secondary N) is 1. The predicted octanol–water partition coefficient (Wildman–Crippen LogP) is 6.80. The molecule has 0 unspecified atom stereocenters. The number of benzene rings is 4. The number of aromatic nitrogens is 2. The van der Waals surface area contributed by atoms with Gasteiger partial charge in [-0.1, -0.05) is 35.9 Å². The number of hydrogen-bond donors (Lipinski definition) is 1. The van der Waals surface area contributed by atoms with Crippen LogP contribution in [0.4, 0.5) is 5.69 Å². The molecule has 0 spiro atoms. The summed E-state index contributed by atoms with van der Waals surface area (Å²) >= 11 is 3.55. The van der Waals surface area contributed by atoms with Gasteiger partial charge < -0.3 is 23.9 Å². The largest absolute Gasteiger partial charge is 0.496 e. The minimum absolute atomic E-state index is 0.218. The smallest absolute Gasteiger partial charge is 0.282 e. The number of hydrogen-bond acceptors (Lipinski definition) is 8. The van der Waals surface area contributed by atoms with Crippen LogP contribution in [-0.4, -0.2) is 42.6 Å². The number of aryl methyl sites for hydroxylation is 1. The number of nitrogens with zero attached hydrogens (tertiary/aromatic N) is 3. The van der Waals surface area contributed by atoms with E-state index in [9.17, 15) is 9.59 Å². The SMILES string of the molecule is COc1cc(C=Nn2c(-c3cc4c(OC)cccc4o3)nc3ccccc3c2=O)c(Br)cc1OCC(=O)Nc1ccc(C)cc1. The maximum Gasteiger partial charge on any atom is 0.282 e. The Morgan fingerprint density at radius 3 is 2.51 bits per heavy atom. The minimum Gasteiger partial charge on any atom is -0.496 e. The Bertz CT molecular complexity index is 2140. The van der Waals surface area contributed by atoms with E-state index in [2.05, 4.69) is 26.3 Å². The Morgan fingerprint density at radius 1 is 0.956 bits per heavy atom. The molecule has 10 nitrogen and oxygen atoms in total. The number of methoxy groups -OCH3 is 2. The molecule has 6 rings (SSSR count). The first-order valence-electron chi connectivity index (χ1n) is 13.8. The van der Waals surface area contributed by atoms with Gasteiger partial charge in [0.15, 0.2) is 23.9 Å². The lowest BCUT2D eigenvalue weighted by Gasteiger charge is -2.13. The number of carbonyl (C=O) groups excluding carboxylic acids is 1. The predicted molar refractivity (Wildman–Crippen MR) is 177 cm³/mol. The van der Waals surface area contributed by atoms with E-state index in [1.165, 1.54) is 18.0 Å². The Kier molecular flexibility index (Phi) is 8.35. The van der Waals surface area contributed by atoms with E-state index in [1.807, 2.05) is 55.5 Å². The fourth-order valence-corrected chi connectivity index (χ4v) is 5.16. The highest BCUT2D eigenvalue weighted by atomic mass is 79.9. The molecule has 0 fully saturated rings. The van der Waals surface area contributed by atoms with Crippen molar-refractivity contribution in [1.29, 1.82) is 0 Å². The number of para-hydroxylation sites is 1. The second kappa shape index (κ2) is 12.7. The van der Waals surface area contributed by atoms with E-state index in [1.54, 1.807) is 43.5 Å². The van der Waals surface area contributed by atoms with E-state index in [0.29, 0.717) is 55.2 Å². The van der Waals surface area contributed by atoms with Crippen LogP contribution in [-0.2, 0) is 4.79 Å². The average Bonchev–Trinajstić information content (AvgIpc) is 3.49. The number of anilines is 1. The lowest BCUT2D eigenvalue weighted by molar-refractivity contribution is -0.118. The van der Waals surface area contributed by atoms with Gasteiger partial charge >= 0.3 is 0 Å². The zero-order valence-electron chi connectivity index (χ0n) is 24.5. The van der Waals surface area contributed by atoms with Crippen LogP contribution >= 0.6 is 15.9 Å². The summed E-state index contributed by atoms with van der Waals surface area (Å²) in [6.45, 7) is 1.75. The summed E-state index contributed by atoms with van der Waals surface area (Å²) in [4.78, 5) is 30.9. The van der Waals surface area contributed by atoms with Gasteiger partial charge in [0.25, 0.3) is 11.5 Å². The van der Waals surface area contributed by atoms with Crippen molar-refractivity contribution in [3.63, 3.8) is 0 Å². The molecular formula is C34H27BrN4O6. The summed E-state index contributed by atoms with van der Waals surface area (Å²) in [5.41, 5.74) is 3.07. The normalized spacial score (nSPS) is 11.3. The van der Waals surface area contributed by atoms with Crippen LogP contribution in [0.5, 0.6) is 17.2 Å². The Morgan fingerprint density at radius 2 is 1.73 bits per heavy atom. The molecule has 0 aliphatic rings. The van der Waals surface area contributed by atoms with Crippen LogP contribution in [0.1, 0.15) is 11.1 Å². The molecule has 6 aromatic rings. The monoisotopic (exact) mass is 666 g/mol. The van der Waals surface area contributed by atoms with Gasteiger partial charge in [-0.25, -0.2) is 4.98 Å². The molecule has 0 saturated heterocycles. The zero-order chi connectivity index (χ0) is 31.5. The first-order valence-corrected chi connectivity index (χ1v) is 14.6. The summed E-state index contributed by atoms with van der Waals surface area (Å²) in [5, 5.41) is 8.48. The number of amides is 1. The topological polar surface area (TPSA) is 117 Å². The van der Waals surface area contributed by atoms with Crippen LogP contribution in [0.2, 0.25) is 0 Å². The average molecular weight is 668 g/mol. The van der Waals surface area contributed by atoms with Gasteiger partial charge in [0.1, 0.15) is 11.3 Å². The quantitative estimate of drug-likeness (QED) is 0.169. The molecule has 2 heterocycles. The Balaban J connectivity index is 1.33. The molecule has 0 bridgehead atoms. The maximum atomic E-state index is 13.7. The van der Waals surface area contributed by atoms with Crippen molar-refractivity contribution in [2.75, 3.05) is 26.1 Å². The molecule has 1 amide bonds. The number of carbonyl (C=O) groups is 1. The molecule has 2 aromatic heterocycles. The molecule has 1 N–H and O–H groups in total. The lowest BCUT2D eigenvalue weighted by atomic mass is 10.2. The summed E-state index contributed by atoms with van der Waals surface area (Å²) in [6.07, 6.45) is 1.51. The minimum atomic E-state index is -0.373. The van der Waals surface area contributed by atoms with Gasteiger partial charge in [-0.2, -0.15) is 9.78 Å². The van der Waals surface area contributed by atoms with Crippen molar-refractivity contribution in [3.8, 4) is 28.8 Å². The molecule has 11 heteroatoms. The summed E-state index contributed by atoms with van der Waals surface area (Å²) in [5.74, 6) is 1.60. The Hall–Kier alpha value is -5.42. The number of fused-ring (bicyclic) bond motifs is 2. The van der Waals surface area contributed by atoms with Crippen molar-refractivity contribution in [3.05, 3.63) is 111 Å². The van der Waals surface area contributed by atoms with Crippen LogP contribution in [0, 0.1) is 6.92 Å². The third kappa shape index (κ3) is 6.16. The number of furan rings is 1. The first kappa shape index (κ1) is 29.6. The Labute approximate surface area is 266 Å². The molecule has 0 radical (unpaired) electrons. The second-order valence-electron chi connectivity index (χ2n) is 10.0. The fraction of sp³-hybridized carbons (Fsp3) is 0.118. The zero-order valence-corrected chi connectivity index (χ0v) is 26.1. The van der Waals surface area contributed by atoms with Crippen molar-refractivity contribution in [2.45, 2.75) is 6.92 Å². The number of halogens is 1. The van der Waals surface area contributed by atoms with Gasteiger partial charge in [0.05, 0.1) is 36.7 Å². The van der Waals surface area contributed by atoms with Gasteiger partial charge in [-0.05, 0) is 77.5 Å². The molecule has 0 atom stereocenters. The highest BCUT2D eigenvalue weighted by molar-refractivity contribution is 9.10. The van der Waals surface area contributed by atoms with Gasteiger partial charge in [-0.3, -0.25) is 9.59 Å². The molecule has 0 saturated carbocycles. The number of ether oxygens (including phenoxy) is 3. The third-order valence-corrected chi connectivity index (χ3v) is 7.69. The molecule has 0 aliphatic carbocycles. The summed E-state index contributed by atoms with van der Waals surface area (Å²) < 4.78 is 24.7.